The lowest BCUT2D eigenvalue weighted by Gasteiger charge is -2.26. The molecule has 36 heavy (non-hydrogen) atoms. The van der Waals surface area contributed by atoms with Crippen LogP contribution in [-0.4, -0.2) is 13.0 Å². The van der Waals surface area contributed by atoms with E-state index >= 15 is 4.39 Å². The molecule has 2 atom stereocenters. The summed E-state index contributed by atoms with van der Waals surface area (Å²) < 4.78 is 37.9. The van der Waals surface area contributed by atoms with Crippen LogP contribution in [0.2, 0.25) is 0 Å². The minimum atomic E-state index is -2.23. The van der Waals surface area contributed by atoms with Crippen LogP contribution in [-0.2, 0) is 24.0 Å². The highest BCUT2D eigenvalue weighted by Crippen LogP contribution is 2.44. The zero-order valence-electron chi connectivity index (χ0n) is 19.0. The molecule has 4 nitrogen and oxygen atoms in total. The monoisotopic (exact) mass is 544 g/mol. The highest BCUT2D eigenvalue weighted by Gasteiger charge is 2.43. The Hall–Kier alpha value is -2.90. The van der Waals surface area contributed by atoms with Crippen LogP contribution in [0.3, 0.4) is 0 Å². The molecule has 4 aromatic carbocycles. The van der Waals surface area contributed by atoms with Crippen molar-refractivity contribution in [3.8, 4) is 11.5 Å². The van der Waals surface area contributed by atoms with Crippen LogP contribution in [0.4, 0.5) is 4.39 Å². The molecule has 0 aliphatic carbocycles. The maximum atomic E-state index is 15.3. The van der Waals surface area contributed by atoms with Gasteiger partial charge in [0.1, 0.15) is 25.1 Å². The number of alkyl halides is 2. The van der Waals surface area contributed by atoms with Crippen molar-refractivity contribution in [2.45, 2.75) is 27.9 Å². The van der Waals surface area contributed by atoms with Crippen molar-refractivity contribution in [1.82, 2.24) is 0 Å². The summed E-state index contributed by atoms with van der Waals surface area (Å²) in [5.41, 5.74) is 1.50. The van der Waals surface area contributed by atoms with E-state index in [4.69, 9.17) is 32.7 Å². The van der Waals surface area contributed by atoms with Gasteiger partial charge in [-0.3, -0.25) is 4.21 Å². The van der Waals surface area contributed by atoms with Gasteiger partial charge in [0.25, 0.3) is 0 Å². The summed E-state index contributed by atoms with van der Waals surface area (Å²) in [7, 11) is -2.06. The molecule has 0 aliphatic rings. The fourth-order valence-electron chi connectivity index (χ4n) is 3.44. The number of aliphatic hydroxyl groups excluding tert-OH is 1. The van der Waals surface area contributed by atoms with Gasteiger partial charge < -0.3 is 14.6 Å². The number of rotatable bonds is 10. The summed E-state index contributed by atoms with van der Waals surface area (Å²) in [6, 6.07) is 29.4. The van der Waals surface area contributed by atoms with Gasteiger partial charge in [-0.2, -0.15) is 0 Å². The number of benzene rings is 4. The Balaban J connectivity index is 1.64. The van der Waals surface area contributed by atoms with Crippen molar-refractivity contribution in [1.29, 1.82) is 0 Å². The number of halogens is 3. The normalized spacial score (nSPS) is 13.1. The first-order valence-electron chi connectivity index (χ1n) is 11.1. The molecule has 0 amide bonds. The maximum Gasteiger partial charge on any atom is 0.226 e. The fraction of sp³-hybridized carbons (Fsp3) is 0.143. The van der Waals surface area contributed by atoms with E-state index in [2.05, 4.69) is 0 Å². The van der Waals surface area contributed by atoms with Crippen molar-refractivity contribution in [2.24, 2.45) is 0 Å². The third kappa shape index (κ3) is 6.26. The SMILES string of the molecule is O=S(c1ccccc1)C(Cl)(Cl)C(O)c1cc(OCc2ccccc2)c(OCc2ccccc2)cc1F. The fourth-order valence-corrected chi connectivity index (χ4v) is 5.26. The zero-order valence-corrected chi connectivity index (χ0v) is 21.3. The van der Waals surface area contributed by atoms with E-state index in [-0.39, 0.29) is 30.3 Å². The number of hydrogen-bond acceptors (Lipinski definition) is 4. The molecule has 1 N–H and O–H groups in total. The van der Waals surface area contributed by atoms with E-state index in [9.17, 15) is 9.32 Å². The zero-order chi connectivity index (χ0) is 25.5. The molecule has 186 valence electrons. The highest BCUT2D eigenvalue weighted by molar-refractivity contribution is 7.89. The summed E-state index contributed by atoms with van der Waals surface area (Å²) in [6.07, 6.45) is -1.83. The van der Waals surface area contributed by atoms with Crippen molar-refractivity contribution >= 4 is 34.0 Å². The average molecular weight is 545 g/mol. The number of ether oxygens (including phenoxy) is 2. The topological polar surface area (TPSA) is 55.8 Å². The summed E-state index contributed by atoms with van der Waals surface area (Å²) in [6.45, 7) is 0.351. The lowest BCUT2D eigenvalue weighted by Crippen LogP contribution is -2.30. The Kier molecular flexibility index (Phi) is 8.64. The molecular weight excluding hydrogens is 522 g/mol. The molecule has 0 fully saturated rings. The largest absolute Gasteiger partial charge is 0.485 e. The Bertz CT molecular complexity index is 1310. The molecule has 0 saturated carbocycles. The maximum absolute atomic E-state index is 15.3. The summed E-state index contributed by atoms with van der Waals surface area (Å²) in [5.74, 6) is -0.504. The molecular formula is C28H23Cl2FO4S. The Morgan fingerprint density at radius 3 is 1.72 bits per heavy atom. The van der Waals surface area contributed by atoms with Crippen LogP contribution < -0.4 is 9.47 Å². The first kappa shape index (κ1) is 26.2. The van der Waals surface area contributed by atoms with Crippen molar-refractivity contribution < 1.29 is 23.2 Å². The predicted molar refractivity (Wildman–Crippen MR) is 140 cm³/mol. The molecule has 0 radical (unpaired) electrons. The molecule has 4 rings (SSSR count). The molecule has 0 spiro atoms. The predicted octanol–water partition coefficient (Wildman–Crippen LogP) is 6.96. The molecule has 0 aliphatic heterocycles. The summed E-state index contributed by atoms with van der Waals surface area (Å²) >= 11 is 12.7. The van der Waals surface area contributed by atoms with Gasteiger partial charge in [-0.05, 0) is 29.3 Å². The second-order valence-corrected chi connectivity index (χ2v) is 11.4. The quantitative estimate of drug-likeness (QED) is 0.219. The van der Waals surface area contributed by atoms with Crippen LogP contribution in [0.25, 0.3) is 0 Å². The smallest absolute Gasteiger partial charge is 0.226 e. The molecule has 8 heteroatoms. The van der Waals surface area contributed by atoms with Crippen molar-refractivity contribution in [3.05, 3.63) is 126 Å². The van der Waals surface area contributed by atoms with Gasteiger partial charge in [0.2, 0.25) is 3.67 Å². The number of aliphatic hydroxyl groups is 1. The summed E-state index contributed by atoms with van der Waals surface area (Å²) in [4.78, 5) is 0.297. The van der Waals surface area contributed by atoms with Gasteiger partial charge in [-0.1, -0.05) is 102 Å². The van der Waals surface area contributed by atoms with E-state index in [0.717, 1.165) is 17.2 Å². The van der Waals surface area contributed by atoms with Crippen LogP contribution >= 0.6 is 23.2 Å². The molecule has 4 aromatic rings. The van der Waals surface area contributed by atoms with Gasteiger partial charge in [0.05, 0.1) is 10.8 Å². The Morgan fingerprint density at radius 2 is 1.22 bits per heavy atom. The average Bonchev–Trinajstić information content (AvgIpc) is 2.92. The van der Waals surface area contributed by atoms with Crippen LogP contribution in [0.15, 0.2) is 108 Å². The lowest BCUT2D eigenvalue weighted by atomic mass is 10.1. The molecule has 0 saturated heterocycles. The lowest BCUT2D eigenvalue weighted by molar-refractivity contribution is 0.176. The van der Waals surface area contributed by atoms with E-state index in [1.165, 1.54) is 6.07 Å². The van der Waals surface area contributed by atoms with E-state index in [0.29, 0.717) is 4.90 Å². The highest BCUT2D eigenvalue weighted by atomic mass is 35.5. The van der Waals surface area contributed by atoms with Crippen LogP contribution in [0.5, 0.6) is 11.5 Å². The van der Waals surface area contributed by atoms with Crippen LogP contribution in [0.1, 0.15) is 22.8 Å². The van der Waals surface area contributed by atoms with Crippen LogP contribution in [0, 0.1) is 5.82 Å². The Labute approximate surface area is 221 Å². The molecule has 0 aromatic heterocycles. The van der Waals surface area contributed by atoms with Crippen molar-refractivity contribution in [2.75, 3.05) is 0 Å². The first-order chi connectivity index (χ1) is 17.4. The molecule has 2 unspecified atom stereocenters. The first-order valence-corrected chi connectivity index (χ1v) is 13.0. The second-order valence-electron chi connectivity index (χ2n) is 7.92. The third-order valence-electron chi connectivity index (χ3n) is 5.35. The van der Waals surface area contributed by atoms with Gasteiger partial charge in [0.15, 0.2) is 11.5 Å². The van der Waals surface area contributed by atoms with Gasteiger partial charge in [-0.15, -0.1) is 0 Å². The molecule has 0 heterocycles. The summed E-state index contributed by atoms with van der Waals surface area (Å²) in [5, 5.41) is 11.0. The minimum absolute atomic E-state index is 0.141. The number of hydrogen-bond donors (Lipinski definition) is 1. The standard InChI is InChI=1S/C28H23Cl2FO4S/c29-28(30,36(33)22-14-8-3-9-15-22)27(32)23-16-25(34-18-20-10-4-1-5-11-20)26(17-24(23)31)35-19-21-12-6-2-7-13-21/h1-17,27,32H,18-19H2. The van der Waals surface area contributed by atoms with Crippen molar-refractivity contribution in [3.63, 3.8) is 0 Å². The van der Waals surface area contributed by atoms with Gasteiger partial charge in [0, 0.05) is 16.5 Å². The van der Waals surface area contributed by atoms with Gasteiger partial charge >= 0.3 is 0 Å². The van der Waals surface area contributed by atoms with E-state index in [1.54, 1.807) is 30.3 Å². The van der Waals surface area contributed by atoms with Gasteiger partial charge in [-0.25, -0.2) is 4.39 Å². The third-order valence-corrected chi connectivity index (χ3v) is 8.03. The van der Waals surface area contributed by atoms with E-state index < -0.39 is 26.4 Å². The minimum Gasteiger partial charge on any atom is -0.485 e. The molecule has 0 bridgehead atoms. The Morgan fingerprint density at radius 1 is 0.778 bits per heavy atom. The van der Waals surface area contributed by atoms with E-state index in [1.807, 2.05) is 60.7 Å². The second kappa shape index (κ2) is 11.9.